The highest BCUT2D eigenvalue weighted by Crippen LogP contribution is 2.15. The molecule has 0 aliphatic rings. The molecule has 0 spiro atoms. The molecular weight excluding hydrogens is 314 g/mol. The van der Waals surface area contributed by atoms with E-state index in [0.29, 0.717) is 18.9 Å². The number of aliphatic carboxylic acids is 1. The van der Waals surface area contributed by atoms with Crippen molar-refractivity contribution in [3.05, 3.63) is 28.7 Å². The average molecular weight is 330 g/mol. The molecule has 0 saturated carbocycles. The standard InChI is InChI=1S/C13H16BrNO4/c1-9(13(17)18)12(16)15(2)7-8-19-11-5-3-10(14)4-6-11/h3-6,9H,7-8H2,1-2H3,(H,17,18). The Hall–Kier alpha value is -1.56. The van der Waals surface area contributed by atoms with Gasteiger partial charge < -0.3 is 14.7 Å². The molecule has 1 aromatic carbocycles. The third-order valence-electron chi connectivity index (χ3n) is 2.63. The van der Waals surface area contributed by atoms with E-state index in [1.807, 2.05) is 24.3 Å². The quantitative estimate of drug-likeness (QED) is 0.810. The van der Waals surface area contributed by atoms with Crippen LogP contribution >= 0.6 is 15.9 Å². The third-order valence-corrected chi connectivity index (χ3v) is 3.15. The lowest BCUT2D eigenvalue weighted by Gasteiger charge is -2.19. The monoisotopic (exact) mass is 329 g/mol. The fraction of sp³-hybridized carbons (Fsp3) is 0.385. The molecule has 19 heavy (non-hydrogen) atoms. The van der Waals surface area contributed by atoms with Crippen LogP contribution in [0, 0.1) is 5.92 Å². The summed E-state index contributed by atoms with van der Waals surface area (Å²) >= 11 is 3.32. The number of halogens is 1. The van der Waals surface area contributed by atoms with Crippen molar-refractivity contribution in [2.24, 2.45) is 5.92 Å². The third kappa shape index (κ3) is 4.90. The van der Waals surface area contributed by atoms with E-state index in [9.17, 15) is 9.59 Å². The van der Waals surface area contributed by atoms with Gasteiger partial charge in [0.15, 0.2) is 0 Å². The van der Waals surface area contributed by atoms with Gasteiger partial charge in [0.25, 0.3) is 0 Å². The van der Waals surface area contributed by atoms with Crippen LogP contribution in [0.5, 0.6) is 5.75 Å². The van der Waals surface area contributed by atoms with E-state index in [4.69, 9.17) is 9.84 Å². The predicted octanol–water partition coefficient (Wildman–Crippen LogP) is 2.01. The maximum absolute atomic E-state index is 11.7. The highest BCUT2D eigenvalue weighted by Gasteiger charge is 2.23. The number of carbonyl (C=O) groups excluding carboxylic acids is 1. The molecule has 6 heteroatoms. The summed E-state index contributed by atoms with van der Waals surface area (Å²) in [6.45, 7) is 2.03. The van der Waals surface area contributed by atoms with Crippen LogP contribution < -0.4 is 4.74 Å². The molecule has 0 bridgehead atoms. The fourth-order valence-corrected chi connectivity index (χ4v) is 1.64. The number of hydrogen-bond donors (Lipinski definition) is 1. The molecule has 5 nitrogen and oxygen atoms in total. The van der Waals surface area contributed by atoms with E-state index in [1.54, 1.807) is 7.05 Å². The zero-order valence-corrected chi connectivity index (χ0v) is 12.4. The molecule has 0 aliphatic heterocycles. The van der Waals surface area contributed by atoms with Gasteiger partial charge in [-0.2, -0.15) is 0 Å². The lowest BCUT2D eigenvalue weighted by atomic mass is 10.1. The van der Waals surface area contributed by atoms with Crippen molar-refractivity contribution < 1.29 is 19.4 Å². The number of nitrogens with zero attached hydrogens (tertiary/aromatic N) is 1. The van der Waals surface area contributed by atoms with Gasteiger partial charge in [-0.25, -0.2) is 0 Å². The molecule has 0 aliphatic carbocycles. The predicted molar refractivity (Wildman–Crippen MR) is 74.1 cm³/mol. The lowest BCUT2D eigenvalue weighted by Crippen LogP contribution is -2.37. The van der Waals surface area contributed by atoms with Crippen molar-refractivity contribution in [2.45, 2.75) is 6.92 Å². The number of carbonyl (C=O) groups is 2. The van der Waals surface area contributed by atoms with Gasteiger partial charge in [0.1, 0.15) is 18.3 Å². The minimum atomic E-state index is -1.12. The summed E-state index contributed by atoms with van der Waals surface area (Å²) in [5, 5.41) is 8.75. The van der Waals surface area contributed by atoms with E-state index in [0.717, 1.165) is 4.47 Å². The van der Waals surface area contributed by atoms with Gasteiger partial charge in [0.2, 0.25) is 5.91 Å². The van der Waals surface area contributed by atoms with E-state index in [-0.39, 0.29) is 0 Å². The van der Waals surface area contributed by atoms with Crippen molar-refractivity contribution in [1.82, 2.24) is 4.90 Å². The smallest absolute Gasteiger partial charge is 0.315 e. The summed E-state index contributed by atoms with van der Waals surface area (Å²) in [6.07, 6.45) is 0. The maximum Gasteiger partial charge on any atom is 0.315 e. The molecule has 1 unspecified atom stereocenters. The normalized spacial score (nSPS) is 11.7. The van der Waals surface area contributed by atoms with Crippen LogP contribution in [0.25, 0.3) is 0 Å². The van der Waals surface area contributed by atoms with Crippen LogP contribution in [0.15, 0.2) is 28.7 Å². The topological polar surface area (TPSA) is 66.8 Å². The summed E-state index contributed by atoms with van der Waals surface area (Å²) in [6, 6.07) is 7.34. The Morgan fingerprint density at radius 2 is 1.95 bits per heavy atom. The molecule has 0 saturated heterocycles. The summed E-state index contributed by atoms with van der Waals surface area (Å²) in [4.78, 5) is 23.7. The van der Waals surface area contributed by atoms with Crippen molar-refractivity contribution >= 4 is 27.8 Å². The Bertz CT molecular complexity index is 446. The Labute approximate surface area is 120 Å². The summed E-state index contributed by atoms with van der Waals surface area (Å²) in [5.74, 6) is -1.87. The maximum atomic E-state index is 11.7. The van der Waals surface area contributed by atoms with Gasteiger partial charge in [0.05, 0.1) is 6.54 Å². The molecule has 1 atom stereocenters. The summed E-state index contributed by atoms with van der Waals surface area (Å²) < 4.78 is 6.42. The lowest BCUT2D eigenvalue weighted by molar-refractivity contribution is -0.149. The van der Waals surface area contributed by atoms with Gasteiger partial charge >= 0.3 is 5.97 Å². The summed E-state index contributed by atoms with van der Waals surface area (Å²) in [5.41, 5.74) is 0. The van der Waals surface area contributed by atoms with Crippen LogP contribution in [0.2, 0.25) is 0 Å². The van der Waals surface area contributed by atoms with Crippen LogP contribution in [0.3, 0.4) is 0 Å². The number of likely N-dealkylation sites (N-methyl/N-ethyl adjacent to an activating group) is 1. The van der Waals surface area contributed by atoms with Crippen LogP contribution in [-0.2, 0) is 9.59 Å². The fourth-order valence-electron chi connectivity index (χ4n) is 1.38. The second kappa shape index (κ2) is 7.13. The molecule has 1 amide bonds. The number of amides is 1. The van der Waals surface area contributed by atoms with Crippen molar-refractivity contribution in [1.29, 1.82) is 0 Å². The Balaban J connectivity index is 2.38. The zero-order valence-electron chi connectivity index (χ0n) is 10.8. The van der Waals surface area contributed by atoms with E-state index < -0.39 is 17.8 Å². The number of ether oxygens (including phenoxy) is 1. The first-order chi connectivity index (χ1) is 8.91. The Kier molecular flexibility index (Phi) is 5.82. The van der Waals surface area contributed by atoms with Gasteiger partial charge in [-0.15, -0.1) is 0 Å². The SMILES string of the molecule is CC(C(=O)O)C(=O)N(C)CCOc1ccc(Br)cc1. The molecule has 0 heterocycles. The van der Waals surface area contributed by atoms with Gasteiger partial charge in [-0.05, 0) is 31.2 Å². The van der Waals surface area contributed by atoms with Gasteiger partial charge in [-0.1, -0.05) is 15.9 Å². The van der Waals surface area contributed by atoms with Crippen molar-refractivity contribution in [2.75, 3.05) is 20.2 Å². The van der Waals surface area contributed by atoms with Gasteiger partial charge in [0, 0.05) is 11.5 Å². The minimum absolute atomic E-state index is 0.316. The van der Waals surface area contributed by atoms with E-state index in [1.165, 1.54) is 11.8 Å². The number of carboxylic acids is 1. The second-order valence-electron chi connectivity index (χ2n) is 4.12. The highest BCUT2D eigenvalue weighted by atomic mass is 79.9. The Morgan fingerprint density at radius 1 is 1.37 bits per heavy atom. The Morgan fingerprint density at radius 3 is 2.47 bits per heavy atom. The molecule has 1 aromatic rings. The second-order valence-corrected chi connectivity index (χ2v) is 5.04. The molecular formula is C13H16BrNO4. The van der Waals surface area contributed by atoms with E-state index >= 15 is 0 Å². The largest absolute Gasteiger partial charge is 0.492 e. The number of hydrogen-bond acceptors (Lipinski definition) is 3. The van der Waals surface area contributed by atoms with Gasteiger partial charge in [-0.3, -0.25) is 9.59 Å². The molecule has 104 valence electrons. The molecule has 1 N–H and O–H groups in total. The van der Waals surface area contributed by atoms with E-state index in [2.05, 4.69) is 15.9 Å². The molecule has 0 aromatic heterocycles. The van der Waals surface area contributed by atoms with Crippen LogP contribution in [0.4, 0.5) is 0 Å². The average Bonchev–Trinajstić information content (AvgIpc) is 2.39. The highest BCUT2D eigenvalue weighted by molar-refractivity contribution is 9.10. The van der Waals surface area contributed by atoms with Crippen molar-refractivity contribution in [3.63, 3.8) is 0 Å². The molecule has 0 fully saturated rings. The molecule has 0 radical (unpaired) electrons. The minimum Gasteiger partial charge on any atom is -0.492 e. The first-order valence-electron chi connectivity index (χ1n) is 5.78. The first kappa shape index (κ1) is 15.5. The molecule has 1 rings (SSSR count). The van der Waals surface area contributed by atoms with Crippen molar-refractivity contribution in [3.8, 4) is 5.75 Å². The number of benzene rings is 1. The zero-order chi connectivity index (χ0) is 14.4. The number of rotatable bonds is 6. The summed E-state index contributed by atoms with van der Waals surface area (Å²) in [7, 11) is 1.56. The van der Waals surface area contributed by atoms with Crippen LogP contribution in [0.1, 0.15) is 6.92 Å². The van der Waals surface area contributed by atoms with Crippen LogP contribution in [-0.4, -0.2) is 42.1 Å². The number of carboxylic acid groups (broad SMARTS) is 1. The first-order valence-corrected chi connectivity index (χ1v) is 6.57.